The molecule has 1 N–H and O–H groups in total. The fraction of sp³-hybridized carbons (Fsp3) is 0.710. The Balaban J connectivity index is 1.28. The molecule has 1 aliphatic heterocycles. The van der Waals surface area contributed by atoms with E-state index in [1.165, 1.54) is 0 Å². The summed E-state index contributed by atoms with van der Waals surface area (Å²) in [5.74, 6) is 2.18. The summed E-state index contributed by atoms with van der Waals surface area (Å²) in [4.78, 5) is 15.8. The number of hydrogen-bond acceptors (Lipinski definition) is 3. The molecule has 3 aliphatic carbocycles. The van der Waals surface area contributed by atoms with Crippen LogP contribution in [-0.4, -0.2) is 54.1 Å². The number of likely N-dealkylation sites (tertiary alicyclic amines) is 1. The van der Waals surface area contributed by atoms with E-state index in [1.807, 2.05) is 0 Å². The first-order valence-corrected chi connectivity index (χ1v) is 14.7. The molecule has 0 bridgehead atoms. The molecule has 5 heteroatoms. The molecule has 0 radical (unpaired) electrons. The molecule has 1 fully saturated rings. The summed E-state index contributed by atoms with van der Waals surface area (Å²) >= 11 is 6.29. The molecule has 36 heavy (non-hydrogen) atoms. The zero-order valence-electron chi connectivity index (χ0n) is 22.7. The number of ether oxygens (including phenoxy) is 1. The molecule has 0 aromatic carbocycles. The maximum Gasteiger partial charge on any atom is 0.239 e. The van der Waals surface area contributed by atoms with Crippen molar-refractivity contribution in [3.8, 4) is 0 Å². The van der Waals surface area contributed by atoms with Gasteiger partial charge in [-0.3, -0.25) is 4.79 Å². The van der Waals surface area contributed by atoms with E-state index < -0.39 is 0 Å². The van der Waals surface area contributed by atoms with Crippen molar-refractivity contribution in [3.63, 3.8) is 0 Å². The van der Waals surface area contributed by atoms with Crippen molar-refractivity contribution < 1.29 is 9.53 Å². The van der Waals surface area contributed by atoms with Crippen LogP contribution in [0.3, 0.4) is 0 Å². The van der Waals surface area contributed by atoms with Crippen LogP contribution in [0.25, 0.3) is 0 Å². The Morgan fingerprint density at radius 1 is 1.03 bits per heavy atom. The first-order valence-electron chi connectivity index (χ1n) is 14.2. The Morgan fingerprint density at radius 2 is 1.86 bits per heavy atom. The summed E-state index contributed by atoms with van der Waals surface area (Å²) in [7, 11) is 0. The minimum Gasteiger partial charge on any atom is -0.367 e. The average Bonchev–Trinajstić information content (AvgIpc) is 2.85. The first-order chi connectivity index (χ1) is 17.2. The SMILES string of the molecule is CC(C)[C@@H](NCC1C=CC(OC2C=CC=CC2)CC1)C(=O)N1CC[C@H](C2C=CC(Cl)CC2)C(C)(C)C1. The van der Waals surface area contributed by atoms with Gasteiger partial charge in [-0.2, -0.15) is 0 Å². The van der Waals surface area contributed by atoms with Crippen LogP contribution in [0.4, 0.5) is 0 Å². The van der Waals surface area contributed by atoms with Crippen LogP contribution in [0, 0.1) is 29.1 Å². The summed E-state index contributed by atoms with van der Waals surface area (Å²) in [5, 5.41) is 3.85. The van der Waals surface area contributed by atoms with Crippen molar-refractivity contribution in [2.24, 2.45) is 29.1 Å². The lowest BCUT2D eigenvalue weighted by molar-refractivity contribution is -0.139. The van der Waals surface area contributed by atoms with Crippen molar-refractivity contribution in [2.75, 3.05) is 19.6 Å². The van der Waals surface area contributed by atoms with Gasteiger partial charge in [0.1, 0.15) is 0 Å². The van der Waals surface area contributed by atoms with Gasteiger partial charge < -0.3 is 15.0 Å². The highest BCUT2D eigenvalue weighted by atomic mass is 35.5. The smallest absolute Gasteiger partial charge is 0.239 e. The number of hydrogen-bond donors (Lipinski definition) is 1. The largest absolute Gasteiger partial charge is 0.367 e. The fourth-order valence-corrected chi connectivity index (χ4v) is 6.81. The van der Waals surface area contributed by atoms with E-state index in [-0.39, 0.29) is 40.9 Å². The maximum atomic E-state index is 13.7. The predicted octanol–water partition coefficient (Wildman–Crippen LogP) is 6.29. The zero-order chi connectivity index (χ0) is 25.7. The van der Waals surface area contributed by atoms with Gasteiger partial charge in [0, 0.05) is 19.6 Å². The molecule has 4 aliphatic rings. The van der Waals surface area contributed by atoms with E-state index in [2.05, 4.69) is 86.5 Å². The minimum atomic E-state index is -0.134. The second-order valence-electron chi connectivity index (χ2n) is 12.4. The standard InChI is InChI=1S/C31H47ClN2O2/c1-22(2)29(33-20-23-10-16-27(17-11-23)36-26-8-6-5-7-9-26)30(35)34-19-18-28(31(3,4)21-34)24-12-14-25(32)15-13-24/h5-8,10,12,14,16,22-29,33H,9,11,13,15,17-21H2,1-4H3/t23?,24?,25?,26?,27?,28-,29-/m1/s1. The highest BCUT2D eigenvalue weighted by molar-refractivity contribution is 6.21. The molecule has 7 atom stereocenters. The second kappa shape index (κ2) is 12.5. The highest BCUT2D eigenvalue weighted by Crippen LogP contribution is 2.43. The Bertz CT molecular complexity index is 861. The summed E-state index contributed by atoms with van der Waals surface area (Å²) < 4.78 is 6.22. The predicted molar refractivity (Wildman–Crippen MR) is 150 cm³/mol. The Kier molecular flexibility index (Phi) is 9.57. The number of halogens is 1. The molecule has 200 valence electrons. The van der Waals surface area contributed by atoms with Crippen molar-refractivity contribution >= 4 is 17.5 Å². The molecular weight excluding hydrogens is 468 g/mol. The summed E-state index contributed by atoms with van der Waals surface area (Å²) in [6, 6.07) is -0.134. The minimum absolute atomic E-state index is 0.105. The molecule has 1 saturated heterocycles. The molecule has 5 unspecified atom stereocenters. The molecule has 1 amide bonds. The number of allylic oxidation sites excluding steroid dienone is 4. The van der Waals surface area contributed by atoms with Crippen molar-refractivity contribution in [2.45, 2.75) is 89.8 Å². The van der Waals surface area contributed by atoms with Crippen LogP contribution < -0.4 is 5.32 Å². The third-order valence-corrected chi connectivity index (χ3v) is 9.09. The number of piperidine rings is 1. The number of carbonyl (C=O) groups excluding carboxylic acids is 1. The van der Waals surface area contributed by atoms with E-state index in [0.29, 0.717) is 17.8 Å². The van der Waals surface area contributed by atoms with Gasteiger partial charge in [0.15, 0.2) is 0 Å². The summed E-state index contributed by atoms with van der Waals surface area (Å²) in [6.07, 6.45) is 24.3. The Hall–Kier alpha value is -1.36. The van der Waals surface area contributed by atoms with Crippen LogP contribution in [0.15, 0.2) is 48.6 Å². The number of alkyl halides is 1. The van der Waals surface area contributed by atoms with Crippen LogP contribution in [0.1, 0.15) is 66.2 Å². The molecule has 0 aromatic heterocycles. The summed E-state index contributed by atoms with van der Waals surface area (Å²) in [5.41, 5.74) is 0.105. The van der Waals surface area contributed by atoms with Gasteiger partial charge in [0.25, 0.3) is 0 Å². The maximum absolute atomic E-state index is 13.7. The number of amides is 1. The van der Waals surface area contributed by atoms with Gasteiger partial charge in [0.05, 0.1) is 23.6 Å². The van der Waals surface area contributed by atoms with E-state index in [4.69, 9.17) is 16.3 Å². The number of rotatable bonds is 8. The van der Waals surface area contributed by atoms with Crippen LogP contribution >= 0.6 is 11.6 Å². The fourth-order valence-electron chi connectivity index (χ4n) is 6.60. The Labute approximate surface area is 224 Å². The van der Waals surface area contributed by atoms with Crippen LogP contribution in [0.2, 0.25) is 0 Å². The van der Waals surface area contributed by atoms with Gasteiger partial charge in [-0.15, -0.1) is 11.6 Å². The third kappa shape index (κ3) is 7.14. The van der Waals surface area contributed by atoms with Crippen molar-refractivity contribution in [1.29, 1.82) is 0 Å². The molecule has 4 rings (SSSR count). The normalized spacial score (nSPS) is 34.8. The van der Waals surface area contributed by atoms with E-state index >= 15 is 0 Å². The molecule has 0 saturated carbocycles. The molecule has 1 heterocycles. The third-order valence-electron chi connectivity index (χ3n) is 8.73. The lowest BCUT2D eigenvalue weighted by Crippen LogP contribution is -2.56. The van der Waals surface area contributed by atoms with Crippen molar-refractivity contribution in [1.82, 2.24) is 10.2 Å². The molecular formula is C31H47ClN2O2. The number of nitrogens with one attached hydrogen (secondary N) is 1. The zero-order valence-corrected chi connectivity index (χ0v) is 23.5. The Morgan fingerprint density at radius 3 is 2.47 bits per heavy atom. The quantitative estimate of drug-likeness (QED) is 0.306. The van der Waals surface area contributed by atoms with Crippen LogP contribution in [-0.2, 0) is 9.53 Å². The first kappa shape index (κ1) is 27.7. The van der Waals surface area contributed by atoms with E-state index in [9.17, 15) is 4.79 Å². The molecule has 0 aromatic rings. The monoisotopic (exact) mass is 514 g/mol. The van der Waals surface area contributed by atoms with Gasteiger partial charge >= 0.3 is 0 Å². The number of nitrogens with zero attached hydrogens (tertiary/aromatic N) is 1. The highest BCUT2D eigenvalue weighted by Gasteiger charge is 2.42. The van der Waals surface area contributed by atoms with Gasteiger partial charge in [-0.1, -0.05) is 76.3 Å². The van der Waals surface area contributed by atoms with Gasteiger partial charge in [-0.05, 0) is 67.6 Å². The average molecular weight is 515 g/mol. The van der Waals surface area contributed by atoms with E-state index in [1.54, 1.807) is 0 Å². The van der Waals surface area contributed by atoms with Gasteiger partial charge in [0.2, 0.25) is 5.91 Å². The topological polar surface area (TPSA) is 41.6 Å². The number of carbonyl (C=O) groups is 1. The lowest BCUT2D eigenvalue weighted by Gasteiger charge is -2.48. The second-order valence-corrected chi connectivity index (χ2v) is 13.0. The van der Waals surface area contributed by atoms with Crippen molar-refractivity contribution in [3.05, 3.63) is 48.6 Å². The lowest BCUT2D eigenvalue weighted by atomic mass is 9.65. The van der Waals surface area contributed by atoms with Gasteiger partial charge in [-0.25, -0.2) is 0 Å². The van der Waals surface area contributed by atoms with Crippen LogP contribution in [0.5, 0.6) is 0 Å². The van der Waals surface area contributed by atoms with E-state index in [0.717, 1.165) is 58.2 Å². The molecule has 4 nitrogen and oxygen atoms in total. The summed E-state index contributed by atoms with van der Waals surface area (Å²) in [6.45, 7) is 11.6. The molecule has 0 spiro atoms.